The number of benzene rings is 3. The number of methoxy groups -OCH3 is 2. The minimum absolute atomic E-state index is 0.499. The van der Waals surface area contributed by atoms with E-state index in [1.165, 1.54) is 5.56 Å². The Morgan fingerprint density at radius 3 is 2.14 bits per heavy atom. The van der Waals surface area contributed by atoms with Crippen LogP contribution in [0.2, 0.25) is 5.02 Å². The molecule has 1 N–H and O–H groups in total. The molecule has 0 aromatic heterocycles. The van der Waals surface area contributed by atoms with E-state index in [2.05, 4.69) is 36.5 Å². The number of halogens is 1. The molecule has 0 fully saturated rings. The predicted octanol–water partition coefficient (Wildman–Crippen LogP) is 5.86. The van der Waals surface area contributed by atoms with Crippen LogP contribution in [0.4, 0.5) is 5.69 Å². The van der Waals surface area contributed by atoms with Crippen LogP contribution in [0.25, 0.3) is 0 Å². The van der Waals surface area contributed by atoms with Gasteiger partial charge in [0, 0.05) is 12.2 Å². The van der Waals surface area contributed by atoms with Crippen molar-refractivity contribution in [3.05, 3.63) is 82.4 Å². The molecule has 0 saturated carbocycles. The summed E-state index contributed by atoms with van der Waals surface area (Å²) in [5.74, 6) is 2.09. The van der Waals surface area contributed by atoms with Gasteiger partial charge in [0.15, 0.2) is 11.5 Å². The van der Waals surface area contributed by atoms with Gasteiger partial charge in [-0.3, -0.25) is 0 Å². The Balaban J connectivity index is 1.63. The second-order valence-electron chi connectivity index (χ2n) is 6.46. The van der Waals surface area contributed by atoms with E-state index >= 15 is 0 Å². The van der Waals surface area contributed by atoms with Gasteiger partial charge < -0.3 is 19.5 Å². The van der Waals surface area contributed by atoms with E-state index in [4.69, 9.17) is 25.8 Å². The first-order valence-corrected chi connectivity index (χ1v) is 9.39. The zero-order valence-electron chi connectivity index (χ0n) is 16.3. The van der Waals surface area contributed by atoms with Crippen LogP contribution in [0.3, 0.4) is 0 Å². The maximum atomic E-state index is 6.17. The molecule has 3 aromatic rings. The highest BCUT2D eigenvalue weighted by atomic mass is 35.5. The SMILES string of the molecule is COc1ccc(NCc2ccc(OCc3ccc(C)cc3)c(OC)c2)cc1Cl. The van der Waals surface area contributed by atoms with Crippen LogP contribution in [-0.4, -0.2) is 14.2 Å². The average molecular weight is 398 g/mol. The largest absolute Gasteiger partial charge is 0.495 e. The fourth-order valence-electron chi connectivity index (χ4n) is 2.77. The van der Waals surface area contributed by atoms with Gasteiger partial charge in [0.1, 0.15) is 12.4 Å². The van der Waals surface area contributed by atoms with Crippen molar-refractivity contribution >= 4 is 17.3 Å². The summed E-state index contributed by atoms with van der Waals surface area (Å²) in [6, 6.07) is 19.8. The first-order valence-electron chi connectivity index (χ1n) is 9.01. The van der Waals surface area contributed by atoms with Gasteiger partial charge in [0.25, 0.3) is 0 Å². The fraction of sp³-hybridized carbons (Fsp3) is 0.217. The average Bonchev–Trinajstić information content (AvgIpc) is 2.72. The maximum Gasteiger partial charge on any atom is 0.161 e. The molecule has 0 amide bonds. The number of hydrogen-bond acceptors (Lipinski definition) is 4. The predicted molar refractivity (Wildman–Crippen MR) is 114 cm³/mol. The van der Waals surface area contributed by atoms with E-state index in [1.807, 2.05) is 36.4 Å². The Morgan fingerprint density at radius 1 is 0.786 bits per heavy atom. The molecule has 0 atom stereocenters. The third-order valence-electron chi connectivity index (χ3n) is 4.39. The summed E-state index contributed by atoms with van der Waals surface area (Å²) >= 11 is 6.17. The van der Waals surface area contributed by atoms with Gasteiger partial charge in [0.2, 0.25) is 0 Å². The lowest BCUT2D eigenvalue weighted by atomic mass is 10.1. The molecule has 28 heavy (non-hydrogen) atoms. The smallest absolute Gasteiger partial charge is 0.161 e. The number of anilines is 1. The third kappa shape index (κ3) is 5.11. The van der Waals surface area contributed by atoms with E-state index in [1.54, 1.807) is 14.2 Å². The molecule has 0 saturated heterocycles. The number of rotatable bonds is 8. The lowest BCUT2D eigenvalue weighted by molar-refractivity contribution is 0.284. The van der Waals surface area contributed by atoms with Crippen LogP contribution in [0.1, 0.15) is 16.7 Å². The van der Waals surface area contributed by atoms with Gasteiger partial charge >= 0.3 is 0 Å². The van der Waals surface area contributed by atoms with Crippen molar-refractivity contribution in [1.82, 2.24) is 0 Å². The van der Waals surface area contributed by atoms with Gasteiger partial charge in [-0.1, -0.05) is 47.5 Å². The lowest BCUT2D eigenvalue weighted by Gasteiger charge is -2.13. The molecule has 3 rings (SSSR count). The van der Waals surface area contributed by atoms with Crippen LogP contribution >= 0.6 is 11.6 Å². The number of aryl methyl sites for hydroxylation is 1. The van der Waals surface area contributed by atoms with E-state index in [0.29, 0.717) is 29.7 Å². The first kappa shape index (κ1) is 19.9. The molecule has 4 nitrogen and oxygen atoms in total. The summed E-state index contributed by atoms with van der Waals surface area (Å²) in [4.78, 5) is 0. The standard InChI is InChI=1S/C23H24ClNO3/c1-16-4-6-17(7-5-16)15-28-22-10-8-18(12-23(22)27-3)14-25-19-9-11-21(26-2)20(24)13-19/h4-13,25H,14-15H2,1-3H3. The second-order valence-corrected chi connectivity index (χ2v) is 6.87. The van der Waals surface area contributed by atoms with E-state index in [-0.39, 0.29) is 0 Å². The van der Waals surface area contributed by atoms with Crippen LogP contribution in [-0.2, 0) is 13.2 Å². The van der Waals surface area contributed by atoms with Crippen molar-refractivity contribution in [2.45, 2.75) is 20.1 Å². The summed E-state index contributed by atoms with van der Waals surface area (Å²) in [6.45, 7) is 3.20. The fourth-order valence-corrected chi connectivity index (χ4v) is 3.02. The van der Waals surface area contributed by atoms with Crippen molar-refractivity contribution < 1.29 is 14.2 Å². The Bertz CT molecular complexity index is 926. The van der Waals surface area contributed by atoms with Crippen molar-refractivity contribution in [2.75, 3.05) is 19.5 Å². The molecule has 0 aliphatic heterocycles. The zero-order valence-corrected chi connectivity index (χ0v) is 17.0. The first-order chi connectivity index (χ1) is 13.6. The Morgan fingerprint density at radius 2 is 1.46 bits per heavy atom. The summed E-state index contributed by atoms with van der Waals surface area (Å²) in [5, 5.41) is 3.92. The van der Waals surface area contributed by atoms with Crippen LogP contribution in [0.15, 0.2) is 60.7 Å². The van der Waals surface area contributed by atoms with Crippen LogP contribution < -0.4 is 19.5 Å². The highest BCUT2D eigenvalue weighted by Gasteiger charge is 2.07. The summed E-state index contributed by atoms with van der Waals surface area (Å²) in [7, 11) is 3.25. The molecule has 5 heteroatoms. The van der Waals surface area contributed by atoms with Gasteiger partial charge in [0.05, 0.1) is 19.2 Å². The van der Waals surface area contributed by atoms with Crippen LogP contribution in [0, 0.1) is 6.92 Å². The summed E-state index contributed by atoms with van der Waals surface area (Å²) < 4.78 is 16.6. The molecule has 3 aromatic carbocycles. The quantitative estimate of drug-likeness (QED) is 0.517. The topological polar surface area (TPSA) is 39.7 Å². The van der Waals surface area contributed by atoms with Crippen molar-refractivity contribution in [2.24, 2.45) is 0 Å². The Hall–Kier alpha value is -2.85. The number of hydrogen-bond donors (Lipinski definition) is 1. The monoisotopic (exact) mass is 397 g/mol. The van der Waals surface area contributed by atoms with Crippen molar-refractivity contribution in [3.8, 4) is 17.2 Å². The third-order valence-corrected chi connectivity index (χ3v) is 4.69. The molecule has 0 radical (unpaired) electrons. The highest BCUT2D eigenvalue weighted by Crippen LogP contribution is 2.30. The van der Waals surface area contributed by atoms with Gasteiger partial charge in [-0.2, -0.15) is 0 Å². The van der Waals surface area contributed by atoms with Crippen molar-refractivity contribution in [1.29, 1.82) is 0 Å². The molecule has 0 unspecified atom stereocenters. The second kappa shape index (κ2) is 9.38. The van der Waals surface area contributed by atoms with Gasteiger partial charge in [-0.25, -0.2) is 0 Å². The lowest BCUT2D eigenvalue weighted by Crippen LogP contribution is -2.02. The van der Waals surface area contributed by atoms with Crippen molar-refractivity contribution in [3.63, 3.8) is 0 Å². The molecule has 0 aliphatic carbocycles. The molecule has 146 valence electrons. The minimum Gasteiger partial charge on any atom is -0.495 e. The zero-order chi connectivity index (χ0) is 19.9. The number of ether oxygens (including phenoxy) is 3. The minimum atomic E-state index is 0.499. The normalized spacial score (nSPS) is 10.4. The van der Waals surface area contributed by atoms with Crippen LogP contribution in [0.5, 0.6) is 17.2 Å². The summed E-state index contributed by atoms with van der Waals surface area (Å²) in [5.41, 5.74) is 4.35. The summed E-state index contributed by atoms with van der Waals surface area (Å²) in [6.07, 6.45) is 0. The molecular formula is C23H24ClNO3. The molecule has 0 heterocycles. The van der Waals surface area contributed by atoms with E-state index in [9.17, 15) is 0 Å². The molecule has 0 aliphatic rings. The van der Waals surface area contributed by atoms with Gasteiger partial charge in [-0.05, 0) is 48.4 Å². The number of nitrogens with one attached hydrogen (secondary N) is 1. The van der Waals surface area contributed by atoms with Gasteiger partial charge in [-0.15, -0.1) is 0 Å². The highest BCUT2D eigenvalue weighted by molar-refractivity contribution is 6.32. The maximum absolute atomic E-state index is 6.17. The molecule has 0 spiro atoms. The molecule has 0 bridgehead atoms. The Kier molecular flexibility index (Phi) is 6.66. The van der Waals surface area contributed by atoms with E-state index < -0.39 is 0 Å². The molecular weight excluding hydrogens is 374 g/mol. The van der Waals surface area contributed by atoms with E-state index in [0.717, 1.165) is 22.6 Å². The Labute approximate surface area is 171 Å².